The molecule has 0 radical (unpaired) electrons. The Balaban J connectivity index is 1.83. The van der Waals surface area contributed by atoms with Crippen molar-refractivity contribution in [1.29, 1.82) is 0 Å². The number of pyridine rings is 1. The lowest BCUT2D eigenvalue weighted by molar-refractivity contribution is -0.179. The summed E-state index contributed by atoms with van der Waals surface area (Å²) >= 11 is 0.999. The van der Waals surface area contributed by atoms with Crippen molar-refractivity contribution >= 4 is 62.9 Å². The van der Waals surface area contributed by atoms with Crippen LogP contribution in [0.5, 0.6) is 5.75 Å². The summed E-state index contributed by atoms with van der Waals surface area (Å²) in [5, 5.41) is 32.4. The highest BCUT2D eigenvalue weighted by Gasteiger charge is 2.54. The molecule has 294 valence electrons. The molecule has 2 aliphatic heterocycles. The standard InChI is InChI=1S/C29H42N8O14S2/c1-27(2,3)49-23(42)29(7,8)51-35-19(15-13-52-25(32-15)34-26(44)50-28(4,5)6)21(40)33-20-16(37(22(20)41)53(46,47)48)11-31-24(43)30-10-14-9-17(38)18(39)12-36(14)45/h9,12,15-16,20,39,45H,10-11,13H2,1-8H3,(H,33,40)(H2,30,31,43)(H,32,34,44)(H,46,47,48)/b35-19-/t15?,16-,20+/m1/s1. The highest BCUT2D eigenvalue weighted by atomic mass is 32.2. The second-order valence-corrected chi connectivity index (χ2v) is 16.3. The molecule has 3 rings (SSSR count). The van der Waals surface area contributed by atoms with Crippen molar-refractivity contribution in [3.63, 3.8) is 0 Å². The maximum atomic E-state index is 13.7. The molecule has 24 heteroatoms. The Morgan fingerprint density at radius 3 is 2.25 bits per heavy atom. The number of nitrogens with one attached hydrogen (secondary N) is 4. The van der Waals surface area contributed by atoms with E-state index in [2.05, 4.69) is 31.4 Å². The van der Waals surface area contributed by atoms with Crippen LogP contribution < -0.4 is 26.7 Å². The zero-order valence-corrected chi connectivity index (χ0v) is 31.6. The first-order chi connectivity index (χ1) is 24.2. The summed E-state index contributed by atoms with van der Waals surface area (Å²) in [4.78, 5) is 85.7. The highest BCUT2D eigenvalue weighted by Crippen LogP contribution is 2.25. The van der Waals surface area contributed by atoms with E-state index in [0.717, 1.165) is 17.8 Å². The van der Waals surface area contributed by atoms with Crippen molar-refractivity contribution in [3.8, 4) is 5.75 Å². The number of rotatable bonds is 11. The Kier molecular flexibility index (Phi) is 12.7. The average molecular weight is 791 g/mol. The van der Waals surface area contributed by atoms with E-state index in [0.29, 0.717) is 10.9 Å². The Morgan fingerprint density at radius 2 is 1.66 bits per heavy atom. The molecule has 0 saturated carbocycles. The lowest BCUT2D eigenvalue weighted by atomic mass is 9.98. The summed E-state index contributed by atoms with van der Waals surface area (Å²) < 4.78 is 44.7. The van der Waals surface area contributed by atoms with Gasteiger partial charge in [-0.1, -0.05) is 16.9 Å². The van der Waals surface area contributed by atoms with Gasteiger partial charge in [0.1, 0.15) is 23.3 Å². The second-order valence-electron chi connectivity index (χ2n) is 14.0. The van der Waals surface area contributed by atoms with E-state index in [1.54, 1.807) is 41.5 Å². The first-order valence-electron chi connectivity index (χ1n) is 15.7. The number of nitrogens with zero attached hydrogens (tertiary/aromatic N) is 4. The number of carbonyl (C=O) groups excluding carboxylic acids is 5. The summed E-state index contributed by atoms with van der Waals surface area (Å²) in [5.74, 6) is -4.02. The molecule has 1 aromatic rings. The number of hydrogen-bond acceptors (Lipinski definition) is 16. The van der Waals surface area contributed by atoms with Gasteiger partial charge in [-0.3, -0.25) is 29.2 Å². The number of aromatic hydroxyl groups is 1. The predicted molar refractivity (Wildman–Crippen MR) is 185 cm³/mol. The zero-order chi connectivity index (χ0) is 40.3. The number of amidine groups is 1. The van der Waals surface area contributed by atoms with Crippen molar-refractivity contribution in [2.45, 2.75) is 96.9 Å². The van der Waals surface area contributed by atoms with Crippen LogP contribution in [0, 0.1) is 0 Å². The SMILES string of the molecule is CC(C)(C)OC(=O)NC1=NC(/C(=N/OC(C)(C)C(=O)OC(C)(C)C)C(=O)N[C@@H]2C(=O)N(S(=O)(=O)O)[C@@H]2CNC(=O)NCc2cc(=O)c(O)cn2O)CS1. The van der Waals surface area contributed by atoms with Crippen LogP contribution in [-0.2, 0) is 45.5 Å². The number of β-lactam (4-membered cyclic amide) rings is 1. The third-order valence-corrected chi connectivity index (χ3v) is 8.68. The molecule has 0 bridgehead atoms. The molecule has 0 aliphatic carbocycles. The summed E-state index contributed by atoms with van der Waals surface area (Å²) in [7, 11) is -5.19. The van der Waals surface area contributed by atoms with Crippen LogP contribution in [0.15, 0.2) is 27.2 Å². The van der Waals surface area contributed by atoms with Crippen molar-refractivity contribution in [2.24, 2.45) is 10.1 Å². The molecule has 3 heterocycles. The monoisotopic (exact) mass is 790 g/mol. The van der Waals surface area contributed by atoms with Crippen LogP contribution in [0.25, 0.3) is 0 Å². The molecule has 1 saturated heterocycles. The van der Waals surface area contributed by atoms with Gasteiger partial charge in [0.25, 0.3) is 11.8 Å². The number of oxime groups is 1. The number of thioether (sulfide) groups is 1. The zero-order valence-electron chi connectivity index (χ0n) is 29.9. The van der Waals surface area contributed by atoms with Crippen molar-refractivity contribution in [2.75, 3.05) is 12.3 Å². The van der Waals surface area contributed by atoms with Gasteiger partial charge in [0, 0.05) is 18.4 Å². The molecule has 5 amide bonds. The molecule has 22 nitrogen and oxygen atoms in total. The molecular weight excluding hydrogens is 748 g/mol. The van der Waals surface area contributed by atoms with Crippen LogP contribution in [0.1, 0.15) is 61.1 Å². The number of aliphatic imine (C=N–C) groups is 1. The number of hydrogen-bond donors (Lipinski definition) is 7. The molecular formula is C29H42N8O14S2. The molecule has 2 aliphatic rings. The summed E-state index contributed by atoms with van der Waals surface area (Å²) in [6, 6.07) is -4.56. The van der Waals surface area contributed by atoms with E-state index in [1.807, 2.05) is 0 Å². The summed E-state index contributed by atoms with van der Waals surface area (Å²) in [5.41, 5.74) is -5.01. The van der Waals surface area contributed by atoms with Crippen LogP contribution in [0.3, 0.4) is 0 Å². The van der Waals surface area contributed by atoms with Crippen LogP contribution in [0.2, 0.25) is 0 Å². The Bertz CT molecular complexity index is 1860. The van der Waals surface area contributed by atoms with Gasteiger partial charge in [-0.25, -0.2) is 18.7 Å². The summed E-state index contributed by atoms with van der Waals surface area (Å²) in [6.45, 7) is 11.3. The molecule has 0 aromatic carbocycles. The number of ether oxygens (including phenoxy) is 2. The first kappa shape index (κ1) is 42.3. The Morgan fingerprint density at radius 1 is 1.04 bits per heavy atom. The molecule has 1 fully saturated rings. The van der Waals surface area contributed by atoms with Gasteiger partial charge in [0.05, 0.1) is 24.5 Å². The number of alkyl carbamates (subject to hydrolysis) is 1. The van der Waals surface area contributed by atoms with Crippen molar-refractivity contribution < 1.29 is 61.6 Å². The number of urea groups is 1. The largest absolute Gasteiger partial charge is 0.503 e. The van der Waals surface area contributed by atoms with Gasteiger partial charge in [-0.05, 0) is 55.4 Å². The molecule has 1 aromatic heterocycles. The smallest absolute Gasteiger partial charge is 0.413 e. The third-order valence-electron chi connectivity index (χ3n) is 6.77. The Hall–Kier alpha value is -5.10. The lowest BCUT2D eigenvalue weighted by Gasteiger charge is -2.44. The van der Waals surface area contributed by atoms with Gasteiger partial charge in [0.15, 0.2) is 16.6 Å². The second kappa shape index (κ2) is 15.9. The molecule has 3 atom stereocenters. The fourth-order valence-corrected chi connectivity index (χ4v) is 6.11. The van der Waals surface area contributed by atoms with E-state index in [9.17, 15) is 52.1 Å². The van der Waals surface area contributed by atoms with Crippen LogP contribution in [0.4, 0.5) is 9.59 Å². The molecule has 0 spiro atoms. The average Bonchev–Trinajstić information content (AvgIpc) is 3.43. The fourth-order valence-electron chi connectivity index (χ4n) is 4.32. The maximum absolute atomic E-state index is 13.7. The number of amides is 5. The minimum absolute atomic E-state index is 0.00275. The normalized spacial score (nSPS) is 19.4. The van der Waals surface area contributed by atoms with Gasteiger partial charge in [-0.15, -0.1) is 0 Å². The lowest BCUT2D eigenvalue weighted by Crippen LogP contribution is -2.75. The van der Waals surface area contributed by atoms with Crippen molar-refractivity contribution in [1.82, 2.24) is 30.3 Å². The van der Waals surface area contributed by atoms with E-state index in [1.165, 1.54) is 13.8 Å². The Labute approximate surface area is 307 Å². The van der Waals surface area contributed by atoms with Gasteiger partial charge < -0.3 is 40.6 Å². The molecule has 1 unspecified atom stereocenters. The van der Waals surface area contributed by atoms with E-state index < -0.39 is 105 Å². The molecule has 7 N–H and O–H groups in total. The highest BCUT2D eigenvalue weighted by molar-refractivity contribution is 8.14. The van der Waals surface area contributed by atoms with E-state index >= 15 is 0 Å². The number of carbonyl (C=O) groups is 5. The quantitative estimate of drug-likeness (QED) is 0.0374. The number of esters is 1. The van der Waals surface area contributed by atoms with Crippen LogP contribution in [-0.4, -0.2) is 120 Å². The van der Waals surface area contributed by atoms with E-state index in [4.69, 9.17) is 14.3 Å². The molecule has 53 heavy (non-hydrogen) atoms. The van der Waals surface area contributed by atoms with Gasteiger partial charge in [-0.2, -0.15) is 13.1 Å². The van der Waals surface area contributed by atoms with E-state index in [-0.39, 0.29) is 20.9 Å². The fraction of sp³-hybridized carbons (Fsp3) is 0.586. The maximum Gasteiger partial charge on any atom is 0.413 e. The number of aromatic nitrogens is 1. The predicted octanol–water partition coefficient (Wildman–Crippen LogP) is -0.422. The first-order valence-corrected chi connectivity index (χ1v) is 18.0. The van der Waals surface area contributed by atoms with Gasteiger partial charge >= 0.3 is 28.4 Å². The summed E-state index contributed by atoms with van der Waals surface area (Å²) in [6.07, 6.45) is -0.142. The van der Waals surface area contributed by atoms with Gasteiger partial charge in [0.2, 0.25) is 11.0 Å². The van der Waals surface area contributed by atoms with Crippen LogP contribution >= 0.6 is 11.8 Å². The minimum Gasteiger partial charge on any atom is -0.503 e. The topological polar surface area (TPSA) is 306 Å². The minimum atomic E-state index is -5.19. The third kappa shape index (κ3) is 11.7. The van der Waals surface area contributed by atoms with Crippen molar-refractivity contribution in [3.05, 3.63) is 28.2 Å².